The average molecular weight is 557 g/mol. The van der Waals surface area contributed by atoms with Crippen LogP contribution >= 0.6 is 0 Å². The normalized spacial score (nSPS) is 10.9. The molecule has 0 aliphatic carbocycles. The van der Waals surface area contributed by atoms with Gasteiger partial charge in [0.1, 0.15) is 34.3 Å². The number of furan rings is 1. The van der Waals surface area contributed by atoms with Crippen molar-refractivity contribution >= 4 is 17.0 Å². The van der Waals surface area contributed by atoms with Crippen LogP contribution in [-0.2, 0) is 6.42 Å². The van der Waals surface area contributed by atoms with Gasteiger partial charge in [-0.1, -0.05) is 48.5 Å². The van der Waals surface area contributed by atoms with Crippen LogP contribution in [0.2, 0.25) is 0 Å². The lowest BCUT2D eigenvalue weighted by atomic mass is 10.0. The Labute approximate surface area is 243 Å². The van der Waals surface area contributed by atoms with Crippen molar-refractivity contribution in [1.82, 2.24) is 10.3 Å². The largest absolute Gasteiger partial charge is 0.507 e. The zero-order chi connectivity index (χ0) is 28.7. The summed E-state index contributed by atoms with van der Waals surface area (Å²) in [5.74, 6) is 3.08. The molecule has 0 bridgehead atoms. The van der Waals surface area contributed by atoms with E-state index < -0.39 is 0 Å². The maximum Gasteiger partial charge on any atom is 0.255 e. The number of rotatable bonds is 10. The number of carbonyl (C=O) groups excluding carboxylic acids is 1. The first kappa shape index (κ1) is 26.7. The lowest BCUT2D eigenvalue weighted by Crippen LogP contribution is -2.24. The standard InChI is InChI=1S/C35H28N2O5/c38-31-14-5-4-13-29(31)35(39)37-20-7-9-24-8-6-10-25(22-24)33-23-30-34(42-33)32(19-21-36-30)41-28-17-15-27(16-18-28)40-26-11-2-1-3-12-26/h1-6,8,10-19,21-23,38H,7,9,20H2,(H,37,39). The first-order valence-corrected chi connectivity index (χ1v) is 13.7. The Hall–Kier alpha value is -5.56. The lowest BCUT2D eigenvalue weighted by Gasteiger charge is -2.08. The van der Waals surface area contributed by atoms with Gasteiger partial charge in [-0.05, 0) is 73.0 Å². The molecular formula is C35H28N2O5. The van der Waals surface area contributed by atoms with Gasteiger partial charge in [-0.25, -0.2) is 0 Å². The van der Waals surface area contributed by atoms with Gasteiger partial charge in [0, 0.05) is 30.4 Å². The van der Waals surface area contributed by atoms with Gasteiger partial charge in [0.25, 0.3) is 5.91 Å². The Balaban J connectivity index is 1.10. The van der Waals surface area contributed by atoms with E-state index in [4.69, 9.17) is 13.9 Å². The minimum atomic E-state index is -0.286. The fourth-order valence-electron chi connectivity index (χ4n) is 4.60. The van der Waals surface area contributed by atoms with Crippen molar-refractivity contribution in [3.05, 3.63) is 133 Å². The number of benzene rings is 4. The fraction of sp³-hybridized carbons (Fsp3) is 0.0857. The van der Waals surface area contributed by atoms with E-state index in [1.807, 2.05) is 72.8 Å². The SMILES string of the molecule is O=C(NCCCc1cccc(-c2cc3nccc(Oc4ccc(Oc5ccccc5)cc4)c3o2)c1)c1ccccc1O. The second kappa shape index (κ2) is 12.3. The van der Waals surface area contributed by atoms with Crippen LogP contribution in [0.25, 0.3) is 22.4 Å². The Bertz CT molecular complexity index is 1810. The maximum atomic E-state index is 12.3. The van der Waals surface area contributed by atoms with E-state index in [0.29, 0.717) is 40.7 Å². The number of aryl methyl sites for hydroxylation is 1. The van der Waals surface area contributed by atoms with E-state index in [-0.39, 0.29) is 17.2 Å². The summed E-state index contributed by atoms with van der Waals surface area (Å²) in [7, 11) is 0. The van der Waals surface area contributed by atoms with Gasteiger partial charge in [0.05, 0.1) is 5.56 Å². The zero-order valence-electron chi connectivity index (χ0n) is 22.7. The monoisotopic (exact) mass is 556 g/mol. The van der Waals surface area contributed by atoms with E-state index in [0.717, 1.165) is 29.7 Å². The van der Waals surface area contributed by atoms with Crippen molar-refractivity contribution in [3.63, 3.8) is 0 Å². The molecular weight excluding hydrogens is 528 g/mol. The highest BCUT2D eigenvalue weighted by Crippen LogP contribution is 2.35. The third kappa shape index (κ3) is 6.26. The second-order valence-corrected chi connectivity index (χ2v) is 9.70. The van der Waals surface area contributed by atoms with Crippen molar-refractivity contribution in [1.29, 1.82) is 0 Å². The van der Waals surface area contributed by atoms with Gasteiger partial charge >= 0.3 is 0 Å². The summed E-state index contributed by atoms with van der Waals surface area (Å²) < 4.78 is 18.3. The molecule has 2 heterocycles. The summed E-state index contributed by atoms with van der Waals surface area (Å²) in [5, 5.41) is 12.7. The summed E-state index contributed by atoms with van der Waals surface area (Å²) in [6.07, 6.45) is 3.22. The number of nitrogens with zero attached hydrogens (tertiary/aromatic N) is 1. The van der Waals surface area contributed by atoms with Gasteiger partial charge < -0.3 is 24.3 Å². The van der Waals surface area contributed by atoms with Gasteiger partial charge in [0.15, 0.2) is 11.3 Å². The van der Waals surface area contributed by atoms with Crippen LogP contribution in [-0.4, -0.2) is 22.5 Å². The molecule has 2 aromatic heterocycles. The predicted octanol–water partition coefficient (Wildman–Crippen LogP) is 8.15. The first-order valence-electron chi connectivity index (χ1n) is 13.7. The maximum absolute atomic E-state index is 12.3. The quantitative estimate of drug-likeness (QED) is 0.165. The van der Waals surface area contributed by atoms with Crippen molar-refractivity contribution in [2.75, 3.05) is 6.54 Å². The van der Waals surface area contributed by atoms with Crippen LogP contribution in [0.3, 0.4) is 0 Å². The number of hydrogen-bond acceptors (Lipinski definition) is 6. The molecule has 6 aromatic rings. The highest BCUT2D eigenvalue weighted by Gasteiger charge is 2.14. The third-order valence-electron chi connectivity index (χ3n) is 6.69. The molecule has 0 fully saturated rings. The number of nitrogens with one attached hydrogen (secondary N) is 1. The molecule has 7 heteroatoms. The van der Waals surface area contributed by atoms with Crippen LogP contribution in [0.4, 0.5) is 0 Å². The summed E-state index contributed by atoms with van der Waals surface area (Å²) in [4.78, 5) is 16.8. The number of amides is 1. The van der Waals surface area contributed by atoms with E-state index in [1.165, 1.54) is 6.07 Å². The molecule has 0 spiro atoms. The molecule has 1 amide bonds. The fourth-order valence-corrected chi connectivity index (χ4v) is 4.60. The predicted molar refractivity (Wildman–Crippen MR) is 161 cm³/mol. The molecule has 0 atom stereocenters. The molecule has 0 saturated carbocycles. The molecule has 208 valence electrons. The number of pyridine rings is 1. The lowest BCUT2D eigenvalue weighted by molar-refractivity contribution is 0.0950. The molecule has 2 N–H and O–H groups in total. The Morgan fingerprint density at radius 1 is 0.786 bits per heavy atom. The molecule has 0 radical (unpaired) electrons. The Kier molecular flexibility index (Phi) is 7.81. The number of ether oxygens (including phenoxy) is 2. The van der Waals surface area contributed by atoms with E-state index >= 15 is 0 Å². The number of aromatic hydroxyl groups is 1. The van der Waals surface area contributed by atoms with Gasteiger partial charge in [0.2, 0.25) is 0 Å². The highest BCUT2D eigenvalue weighted by atomic mass is 16.5. The average Bonchev–Trinajstić information content (AvgIpc) is 3.47. The Morgan fingerprint density at radius 3 is 2.33 bits per heavy atom. The zero-order valence-corrected chi connectivity index (χ0v) is 22.7. The molecule has 0 saturated heterocycles. The number of phenolic OH excluding ortho intramolecular Hbond substituents is 1. The van der Waals surface area contributed by atoms with Crippen LogP contribution < -0.4 is 14.8 Å². The number of phenols is 1. The van der Waals surface area contributed by atoms with E-state index in [1.54, 1.807) is 30.5 Å². The molecule has 4 aromatic carbocycles. The Morgan fingerprint density at radius 2 is 1.52 bits per heavy atom. The van der Waals surface area contributed by atoms with E-state index in [2.05, 4.69) is 22.4 Å². The van der Waals surface area contributed by atoms with Crippen LogP contribution in [0, 0.1) is 0 Å². The minimum Gasteiger partial charge on any atom is -0.507 e. The number of hydrogen-bond donors (Lipinski definition) is 2. The van der Waals surface area contributed by atoms with Crippen molar-refractivity contribution in [2.24, 2.45) is 0 Å². The topological polar surface area (TPSA) is 93.8 Å². The van der Waals surface area contributed by atoms with Crippen LogP contribution in [0.5, 0.6) is 28.7 Å². The molecule has 0 aliphatic heterocycles. The minimum absolute atomic E-state index is 0.0251. The summed E-state index contributed by atoms with van der Waals surface area (Å²) in [6.45, 7) is 0.492. The number of para-hydroxylation sites is 2. The molecule has 7 nitrogen and oxygen atoms in total. The first-order chi connectivity index (χ1) is 20.6. The van der Waals surface area contributed by atoms with Crippen LogP contribution in [0.15, 0.2) is 126 Å². The molecule has 0 aliphatic rings. The molecule has 6 rings (SSSR count). The number of fused-ring (bicyclic) bond motifs is 1. The van der Waals surface area contributed by atoms with Gasteiger partial charge in [-0.2, -0.15) is 0 Å². The summed E-state index contributed by atoms with van der Waals surface area (Å²) in [5.41, 5.74) is 3.58. The highest BCUT2D eigenvalue weighted by molar-refractivity contribution is 5.96. The van der Waals surface area contributed by atoms with Crippen molar-refractivity contribution in [3.8, 4) is 40.1 Å². The second-order valence-electron chi connectivity index (χ2n) is 9.70. The summed E-state index contributed by atoms with van der Waals surface area (Å²) >= 11 is 0. The van der Waals surface area contributed by atoms with Gasteiger partial charge in [-0.3, -0.25) is 9.78 Å². The van der Waals surface area contributed by atoms with Crippen molar-refractivity contribution in [2.45, 2.75) is 12.8 Å². The van der Waals surface area contributed by atoms with E-state index in [9.17, 15) is 9.90 Å². The van der Waals surface area contributed by atoms with Gasteiger partial charge in [-0.15, -0.1) is 0 Å². The van der Waals surface area contributed by atoms with Crippen molar-refractivity contribution < 1.29 is 23.8 Å². The third-order valence-corrected chi connectivity index (χ3v) is 6.69. The van der Waals surface area contributed by atoms with Crippen LogP contribution in [0.1, 0.15) is 22.3 Å². The molecule has 42 heavy (non-hydrogen) atoms. The number of aromatic nitrogens is 1. The smallest absolute Gasteiger partial charge is 0.255 e. The number of carbonyl (C=O) groups is 1. The molecule has 0 unspecified atom stereocenters. The summed E-state index contributed by atoms with van der Waals surface area (Å²) in [6, 6.07) is 35.3.